The fraction of sp³-hybridized carbons (Fsp3) is 0.727. The van der Waals surface area contributed by atoms with E-state index >= 15 is 0 Å². The molecule has 1 saturated carbocycles. The SMILES string of the molecule is Cc1cn(C2CCCCC2C)c(N)n1. The van der Waals surface area contributed by atoms with Crippen molar-refractivity contribution in [2.45, 2.75) is 45.6 Å². The molecule has 1 aliphatic carbocycles. The van der Waals surface area contributed by atoms with Gasteiger partial charge in [-0.25, -0.2) is 4.98 Å². The van der Waals surface area contributed by atoms with E-state index in [1.807, 2.05) is 6.92 Å². The average molecular weight is 193 g/mol. The van der Waals surface area contributed by atoms with E-state index < -0.39 is 0 Å². The van der Waals surface area contributed by atoms with E-state index in [0.29, 0.717) is 12.0 Å². The lowest BCUT2D eigenvalue weighted by atomic mass is 9.86. The van der Waals surface area contributed by atoms with Crippen LogP contribution in [-0.2, 0) is 0 Å². The second-order valence-electron chi connectivity index (χ2n) is 4.48. The van der Waals surface area contributed by atoms with Crippen molar-refractivity contribution in [1.82, 2.24) is 9.55 Å². The Morgan fingerprint density at radius 1 is 1.43 bits per heavy atom. The molecule has 0 aromatic carbocycles. The summed E-state index contributed by atoms with van der Waals surface area (Å²) in [6.07, 6.45) is 7.35. The molecular weight excluding hydrogens is 174 g/mol. The molecule has 0 aliphatic heterocycles. The number of rotatable bonds is 1. The Bertz CT molecular complexity index is 316. The smallest absolute Gasteiger partial charge is 0.200 e. The van der Waals surface area contributed by atoms with E-state index in [0.717, 1.165) is 11.6 Å². The van der Waals surface area contributed by atoms with Crippen molar-refractivity contribution in [3.05, 3.63) is 11.9 Å². The van der Waals surface area contributed by atoms with Crippen molar-refractivity contribution in [2.24, 2.45) is 5.92 Å². The van der Waals surface area contributed by atoms with Crippen molar-refractivity contribution in [1.29, 1.82) is 0 Å². The minimum atomic E-state index is 0.574. The van der Waals surface area contributed by atoms with Gasteiger partial charge in [0.25, 0.3) is 0 Å². The summed E-state index contributed by atoms with van der Waals surface area (Å²) in [7, 11) is 0. The van der Waals surface area contributed by atoms with Crippen LogP contribution in [-0.4, -0.2) is 9.55 Å². The predicted molar refractivity (Wildman–Crippen MR) is 58.0 cm³/mol. The summed E-state index contributed by atoms with van der Waals surface area (Å²) in [4.78, 5) is 4.26. The highest BCUT2D eigenvalue weighted by atomic mass is 15.2. The summed E-state index contributed by atoms with van der Waals surface area (Å²) < 4.78 is 2.17. The maximum atomic E-state index is 5.89. The molecule has 1 aromatic rings. The van der Waals surface area contributed by atoms with E-state index in [4.69, 9.17) is 5.73 Å². The number of nitrogen functional groups attached to an aromatic ring is 1. The number of imidazole rings is 1. The minimum Gasteiger partial charge on any atom is -0.369 e. The van der Waals surface area contributed by atoms with Gasteiger partial charge in [0.1, 0.15) is 0 Å². The number of anilines is 1. The van der Waals surface area contributed by atoms with Crippen molar-refractivity contribution in [3.8, 4) is 0 Å². The lowest BCUT2D eigenvalue weighted by Gasteiger charge is -2.30. The standard InChI is InChI=1S/C11H19N3/c1-8-5-3-4-6-10(8)14-7-9(2)13-11(14)12/h7-8,10H,3-6H2,1-2H3,(H2,12,13). The first-order chi connectivity index (χ1) is 6.68. The van der Waals surface area contributed by atoms with E-state index in [-0.39, 0.29) is 0 Å². The second kappa shape index (κ2) is 3.64. The van der Waals surface area contributed by atoms with Crippen LogP contribution in [0.5, 0.6) is 0 Å². The highest BCUT2D eigenvalue weighted by Gasteiger charge is 2.24. The highest BCUT2D eigenvalue weighted by Crippen LogP contribution is 2.34. The normalized spacial score (nSPS) is 27.9. The van der Waals surface area contributed by atoms with Crippen LogP contribution < -0.4 is 5.73 Å². The molecule has 14 heavy (non-hydrogen) atoms. The summed E-state index contributed by atoms with van der Waals surface area (Å²) in [5.74, 6) is 1.42. The van der Waals surface area contributed by atoms with E-state index in [1.54, 1.807) is 0 Å². The van der Waals surface area contributed by atoms with Crippen LogP contribution in [0.3, 0.4) is 0 Å². The molecule has 0 radical (unpaired) electrons. The molecule has 2 unspecified atom stereocenters. The van der Waals surface area contributed by atoms with Crippen LogP contribution in [0, 0.1) is 12.8 Å². The molecule has 78 valence electrons. The van der Waals surface area contributed by atoms with Gasteiger partial charge in [0.05, 0.1) is 5.69 Å². The van der Waals surface area contributed by atoms with Crippen LogP contribution in [0.25, 0.3) is 0 Å². The van der Waals surface area contributed by atoms with Gasteiger partial charge in [-0.2, -0.15) is 0 Å². The Morgan fingerprint density at radius 3 is 2.71 bits per heavy atom. The lowest BCUT2D eigenvalue weighted by Crippen LogP contribution is -2.21. The number of nitrogens with zero attached hydrogens (tertiary/aromatic N) is 2. The van der Waals surface area contributed by atoms with Gasteiger partial charge < -0.3 is 10.3 Å². The molecule has 3 nitrogen and oxygen atoms in total. The Balaban J connectivity index is 2.24. The average Bonchev–Trinajstić information content (AvgIpc) is 2.46. The highest BCUT2D eigenvalue weighted by molar-refractivity contribution is 5.22. The molecule has 2 atom stereocenters. The zero-order valence-electron chi connectivity index (χ0n) is 9.03. The van der Waals surface area contributed by atoms with Crippen molar-refractivity contribution in [2.75, 3.05) is 5.73 Å². The number of nitrogens with two attached hydrogens (primary N) is 1. The van der Waals surface area contributed by atoms with Crippen molar-refractivity contribution >= 4 is 5.95 Å². The fourth-order valence-corrected chi connectivity index (χ4v) is 2.51. The zero-order valence-corrected chi connectivity index (χ0v) is 9.03. The summed E-state index contributed by atoms with van der Waals surface area (Å²) in [6.45, 7) is 4.32. The molecule has 1 aromatic heterocycles. The molecular formula is C11H19N3. The first-order valence-electron chi connectivity index (χ1n) is 5.49. The largest absolute Gasteiger partial charge is 0.369 e. The van der Waals surface area contributed by atoms with Gasteiger partial charge in [0.2, 0.25) is 5.95 Å². The minimum absolute atomic E-state index is 0.574. The van der Waals surface area contributed by atoms with Crippen LogP contribution in [0.2, 0.25) is 0 Å². The van der Waals surface area contributed by atoms with E-state index in [1.165, 1.54) is 25.7 Å². The van der Waals surface area contributed by atoms with E-state index in [2.05, 4.69) is 22.7 Å². The molecule has 0 saturated heterocycles. The third-order valence-corrected chi connectivity index (χ3v) is 3.30. The lowest BCUT2D eigenvalue weighted by molar-refractivity contribution is 0.259. The quantitative estimate of drug-likeness (QED) is 0.744. The molecule has 1 fully saturated rings. The fourth-order valence-electron chi connectivity index (χ4n) is 2.51. The van der Waals surface area contributed by atoms with Gasteiger partial charge in [0, 0.05) is 12.2 Å². The summed E-state index contributed by atoms with van der Waals surface area (Å²) in [5, 5.41) is 0. The molecule has 3 heteroatoms. The van der Waals surface area contributed by atoms with Gasteiger partial charge in [-0.05, 0) is 25.7 Å². The Morgan fingerprint density at radius 2 is 2.14 bits per heavy atom. The summed E-state index contributed by atoms with van der Waals surface area (Å²) in [5.41, 5.74) is 6.91. The third-order valence-electron chi connectivity index (χ3n) is 3.30. The maximum Gasteiger partial charge on any atom is 0.200 e. The summed E-state index contributed by atoms with van der Waals surface area (Å²) >= 11 is 0. The van der Waals surface area contributed by atoms with Crippen LogP contribution >= 0.6 is 0 Å². The monoisotopic (exact) mass is 193 g/mol. The molecule has 0 spiro atoms. The second-order valence-corrected chi connectivity index (χ2v) is 4.48. The Kier molecular flexibility index (Phi) is 2.48. The number of hydrogen-bond acceptors (Lipinski definition) is 2. The van der Waals surface area contributed by atoms with Gasteiger partial charge in [-0.15, -0.1) is 0 Å². The van der Waals surface area contributed by atoms with Gasteiger partial charge in [-0.1, -0.05) is 19.8 Å². The number of hydrogen-bond donors (Lipinski definition) is 1. The molecule has 2 rings (SSSR count). The zero-order chi connectivity index (χ0) is 10.1. The van der Waals surface area contributed by atoms with E-state index in [9.17, 15) is 0 Å². The van der Waals surface area contributed by atoms with Gasteiger partial charge in [-0.3, -0.25) is 0 Å². The molecule has 0 amide bonds. The number of aromatic nitrogens is 2. The predicted octanol–water partition coefficient (Wildman–Crippen LogP) is 2.52. The van der Waals surface area contributed by atoms with Gasteiger partial charge in [0.15, 0.2) is 0 Å². The van der Waals surface area contributed by atoms with Crippen LogP contribution in [0.4, 0.5) is 5.95 Å². The molecule has 1 aliphatic rings. The van der Waals surface area contributed by atoms with Crippen molar-refractivity contribution in [3.63, 3.8) is 0 Å². The van der Waals surface area contributed by atoms with Crippen LogP contribution in [0.1, 0.15) is 44.3 Å². The van der Waals surface area contributed by atoms with Crippen LogP contribution in [0.15, 0.2) is 6.20 Å². The summed E-state index contributed by atoms with van der Waals surface area (Å²) in [6, 6.07) is 0.574. The topological polar surface area (TPSA) is 43.8 Å². The van der Waals surface area contributed by atoms with Crippen molar-refractivity contribution < 1.29 is 0 Å². The first-order valence-corrected chi connectivity index (χ1v) is 5.49. The number of aryl methyl sites for hydroxylation is 1. The molecule has 1 heterocycles. The Labute approximate surface area is 85.3 Å². The molecule has 0 bridgehead atoms. The molecule has 2 N–H and O–H groups in total. The Hall–Kier alpha value is -0.990. The van der Waals surface area contributed by atoms with Gasteiger partial charge >= 0.3 is 0 Å². The maximum absolute atomic E-state index is 5.89. The first kappa shape index (κ1) is 9.56. The third kappa shape index (κ3) is 1.63.